The minimum Gasteiger partial charge on any atom is -0.490 e. The van der Waals surface area contributed by atoms with Crippen LogP contribution in [0.4, 0.5) is 11.4 Å². The molecule has 0 amide bonds. The van der Waals surface area contributed by atoms with Gasteiger partial charge in [-0.05, 0) is 19.1 Å². The van der Waals surface area contributed by atoms with Crippen molar-refractivity contribution in [2.45, 2.75) is 20.0 Å². The molecule has 0 radical (unpaired) electrons. The number of para-hydroxylation sites is 1. The Labute approximate surface area is 115 Å². The molecule has 8 heteroatoms. The van der Waals surface area contributed by atoms with Gasteiger partial charge in [0, 0.05) is 6.54 Å². The van der Waals surface area contributed by atoms with Crippen LogP contribution in [0.5, 0.6) is 5.75 Å². The van der Waals surface area contributed by atoms with Gasteiger partial charge in [0.2, 0.25) is 0 Å². The fourth-order valence-corrected chi connectivity index (χ4v) is 1.87. The first-order valence-corrected chi connectivity index (χ1v) is 6.09. The molecule has 1 N–H and O–H groups in total. The van der Waals surface area contributed by atoms with E-state index in [0.29, 0.717) is 18.1 Å². The molecule has 0 saturated carbocycles. The Morgan fingerprint density at radius 2 is 2.30 bits per heavy atom. The van der Waals surface area contributed by atoms with Gasteiger partial charge < -0.3 is 14.6 Å². The topological polar surface area (TPSA) is 95.1 Å². The molecule has 1 aromatic carbocycles. The van der Waals surface area contributed by atoms with E-state index >= 15 is 0 Å². The summed E-state index contributed by atoms with van der Waals surface area (Å²) < 4.78 is 6.87. The number of ether oxygens (including phenoxy) is 1. The first-order chi connectivity index (χ1) is 9.67. The zero-order valence-electron chi connectivity index (χ0n) is 11.2. The Morgan fingerprint density at radius 1 is 1.50 bits per heavy atom. The molecule has 0 unspecified atom stereocenters. The molecule has 0 aliphatic rings. The average molecular weight is 277 g/mol. The largest absolute Gasteiger partial charge is 0.490 e. The number of hydrogen-bond acceptors (Lipinski definition) is 6. The zero-order chi connectivity index (χ0) is 14.5. The van der Waals surface area contributed by atoms with E-state index in [1.165, 1.54) is 7.11 Å². The van der Waals surface area contributed by atoms with Crippen molar-refractivity contribution in [3.05, 3.63) is 40.5 Å². The molecule has 1 heterocycles. The number of nitro benzene ring substituents is 1. The van der Waals surface area contributed by atoms with Gasteiger partial charge in [-0.2, -0.15) is 0 Å². The Balaban J connectivity index is 2.23. The second-order valence-corrected chi connectivity index (χ2v) is 4.00. The zero-order valence-corrected chi connectivity index (χ0v) is 11.2. The summed E-state index contributed by atoms with van der Waals surface area (Å²) in [6, 6.07) is 4.88. The van der Waals surface area contributed by atoms with Crippen LogP contribution in [0.3, 0.4) is 0 Å². The number of anilines is 1. The number of methoxy groups -OCH3 is 1. The van der Waals surface area contributed by atoms with E-state index in [9.17, 15) is 10.1 Å². The summed E-state index contributed by atoms with van der Waals surface area (Å²) in [7, 11) is 1.40. The highest BCUT2D eigenvalue weighted by atomic mass is 16.6. The predicted molar refractivity (Wildman–Crippen MR) is 72.7 cm³/mol. The van der Waals surface area contributed by atoms with Crippen molar-refractivity contribution in [3.63, 3.8) is 0 Å². The number of nitro groups is 1. The van der Waals surface area contributed by atoms with E-state index in [-0.39, 0.29) is 11.4 Å². The summed E-state index contributed by atoms with van der Waals surface area (Å²) in [5.41, 5.74) is 0.303. The van der Waals surface area contributed by atoms with Gasteiger partial charge in [0.05, 0.1) is 18.6 Å². The highest BCUT2D eigenvalue weighted by Gasteiger charge is 2.20. The highest BCUT2D eigenvalue weighted by molar-refractivity contribution is 5.68. The van der Waals surface area contributed by atoms with Gasteiger partial charge in [0.1, 0.15) is 12.0 Å². The standard InChI is InChI=1S/C12H15N5O3/c1-3-16-8-14-15-11(16)7-13-9-5-4-6-10(20-2)12(9)17(18)19/h4-6,8,13H,3,7H2,1-2H3. The van der Waals surface area contributed by atoms with Crippen LogP contribution in [-0.2, 0) is 13.1 Å². The van der Waals surface area contributed by atoms with Gasteiger partial charge in [-0.1, -0.05) is 6.07 Å². The van der Waals surface area contributed by atoms with Gasteiger partial charge in [-0.25, -0.2) is 0 Å². The SMILES string of the molecule is CCn1cnnc1CNc1cccc(OC)c1[N+](=O)[O-]. The smallest absolute Gasteiger partial charge is 0.333 e. The third-order valence-corrected chi connectivity index (χ3v) is 2.87. The van der Waals surface area contributed by atoms with Crippen molar-refractivity contribution in [2.75, 3.05) is 12.4 Å². The van der Waals surface area contributed by atoms with Crippen LogP contribution in [0.1, 0.15) is 12.7 Å². The minimum absolute atomic E-state index is 0.0856. The monoisotopic (exact) mass is 277 g/mol. The lowest BCUT2D eigenvalue weighted by Crippen LogP contribution is -2.09. The third-order valence-electron chi connectivity index (χ3n) is 2.87. The van der Waals surface area contributed by atoms with Gasteiger partial charge in [-0.15, -0.1) is 10.2 Å². The van der Waals surface area contributed by atoms with Crippen LogP contribution in [0.15, 0.2) is 24.5 Å². The number of aromatic nitrogens is 3. The van der Waals surface area contributed by atoms with Crippen LogP contribution in [-0.4, -0.2) is 26.8 Å². The number of hydrogen-bond donors (Lipinski definition) is 1. The predicted octanol–water partition coefficient (Wildman–Crippen LogP) is 1.83. The Hall–Kier alpha value is -2.64. The lowest BCUT2D eigenvalue weighted by atomic mass is 10.2. The quantitative estimate of drug-likeness (QED) is 0.639. The Kier molecular flexibility index (Phi) is 4.14. The highest BCUT2D eigenvalue weighted by Crippen LogP contribution is 2.34. The summed E-state index contributed by atoms with van der Waals surface area (Å²) in [6.07, 6.45) is 1.62. The number of rotatable bonds is 6. The fraction of sp³-hybridized carbons (Fsp3) is 0.333. The molecule has 0 aliphatic carbocycles. The molecule has 2 rings (SSSR count). The molecular weight excluding hydrogens is 262 g/mol. The van der Waals surface area contributed by atoms with Crippen molar-refractivity contribution in [2.24, 2.45) is 0 Å². The van der Waals surface area contributed by atoms with Gasteiger partial charge in [-0.3, -0.25) is 10.1 Å². The Morgan fingerprint density at radius 3 is 2.95 bits per heavy atom. The van der Waals surface area contributed by atoms with E-state index in [0.717, 1.165) is 6.54 Å². The maximum atomic E-state index is 11.1. The van der Waals surface area contributed by atoms with Crippen molar-refractivity contribution in [1.29, 1.82) is 0 Å². The first kappa shape index (κ1) is 13.8. The normalized spacial score (nSPS) is 10.3. The number of benzene rings is 1. The van der Waals surface area contributed by atoms with Crippen LogP contribution < -0.4 is 10.1 Å². The van der Waals surface area contributed by atoms with E-state index in [4.69, 9.17) is 4.74 Å². The van der Waals surface area contributed by atoms with Crippen LogP contribution in [0, 0.1) is 10.1 Å². The molecule has 0 spiro atoms. The third kappa shape index (κ3) is 2.68. The van der Waals surface area contributed by atoms with Crippen molar-refractivity contribution in [1.82, 2.24) is 14.8 Å². The molecule has 2 aromatic rings. The summed E-state index contributed by atoms with van der Waals surface area (Å²) >= 11 is 0. The second kappa shape index (κ2) is 6.00. The summed E-state index contributed by atoms with van der Waals surface area (Å²) in [5.74, 6) is 0.932. The van der Waals surface area contributed by atoms with Gasteiger partial charge >= 0.3 is 5.69 Å². The van der Waals surface area contributed by atoms with Crippen LogP contribution >= 0.6 is 0 Å². The maximum Gasteiger partial charge on any atom is 0.333 e. The number of aryl methyl sites for hydroxylation is 1. The molecule has 106 valence electrons. The molecule has 20 heavy (non-hydrogen) atoms. The molecule has 0 atom stereocenters. The van der Waals surface area contributed by atoms with Crippen molar-refractivity contribution < 1.29 is 9.66 Å². The van der Waals surface area contributed by atoms with Crippen molar-refractivity contribution >= 4 is 11.4 Å². The Bertz CT molecular complexity index is 611. The van der Waals surface area contributed by atoms with Gasteiger partial charge in [0.25, 0.3) is 0 Å². The molecule has 0 fully saturated rings. The number of nitrogens with zero attached hydrogens (tertiary/aromatic N) is 4. The van der Waals surface area contributed by atoms with Gasteiger partial charge in [0.15, 0.2) is 11.6 Å². The van der Waals surface area contributed by atoms with Crippen molar-refractivity contribution in [3.8, 4) is 5.75 Å². The van der Waals surface area contributed by atoms with Crippen LogP contribution in [0.25, 0.3) is 0 Å². The first-order valence-electron chi connectivity index (χ1n) is 6.09. The molecule has 0 aliphatic heterocycles. The van der Waals surface area contributed by atoms with E-state index in [2.05, 4.69) is 15.5 Å². The summed E-state index contributed by atoms with van der Waals surface area (Å²) in [6.45, 7) is 3.06. The van der Waals surface area contributed by atoms with Crippen LogP contribution in [0.2, 0.25) is 0 Å². The maximum absolute atomic E-state index is 11.1. The molecule has 8 nitrogen and oxygen atoms in total. The fourth-order valence-electron chi connectivity index (χ4n) is 1.87. The molecule has 0 saturated heterocycles. The molecule has 1 aromatic heterocycles. The average Bonchev–Trinajstić information content (AvgIpc) is 2.91. The molecule has 0 bridgehead atoms. The van der Waals surface area contributed by atoms with E-state index in [1.807, 2.05) is 11.5 Å². The van der Waals surface area contributed by atoms with E-state index in [1.54, 1.807) is 24.5 Å². The lowest BCUT2D eigenvalue weighted by Gasteiger charge is -2.09. The molecular formula is C12H15N5O3. The second-order valence-electron chi connectivity index (χ2n) is 4.00. The number of nitrogens with one attached hydrogen (secondary N) is 1. The lowest BCUT2D eigenvalue weighted by molar-refractivity contribution is -0.384. The summed E-state index contributed by atoms with van der Waals surface area (Å²) in [4.78, 5) is 10.7. The summed E-state index contributed by atoms with van der Waals surface area (Å²) in [5, 5.41) is 21.9. The van der Waals surface area contributed by atoms with E-state index < -0.39 is 4.92 Å². The minimum atomic E-state index is -0.467.